The summed E-state index contributed by atoms with van der Waals surface area (Å²) in [5.41, 5.74) is 0. The van der Waals surface area contributed by atoms with Crippen LogP contribution in [0.3, 0.4) is 0 Å². The highest BCUT2D eigenvalue weighted by Crippen LogP contribution is 2.25. The zero-order valence-corrected chi connectivity index (χ0v) is 8.63. The highest BCUT2D eigenvalue weighted by Gasteiger charge is 2.11. The van der Waals surface area contributed by atoms with Gasteiger partial charge < -0.3 is 9.84 Å². The first-order valence-corrected chi connectivity index (χ1v) is 4.90. The molecule has 0 radical (unpaired) electrons. The number of hydrazine groups is 1. The first-order chi connectivity index (χ1) is 6.65. The lowest BCUT2D eigenvalue weighted by molar-refractivity contribution is 0.196. The predicted octanol–water partition coefficient (Wildman–Crippen LogP) is -0.141. The van der Waals surface area contributed by atoms with Crippen molar-refractivity contribution in [3.63, 3.8) is 0 Å². The monoisotopic (exact) mass is 219 g/mol. The molecule has 0 atom stereocenters. The van der Waals surface area contributed by atoms with Crippen molar-refractivity contribution in [2.45, 2.75) is 6.42 Å². The zero-order valence-electron chi connectivity index (χ0n) is 7.82. The van der Waals surface area contributed by atoms with E-state index in [4.69, 9.17) is 10.6 Å². The Morgan fingerprint density at radius 1 is 1.71 bits per heavy atom. The number of nitrogens with one attached hydrogen (secondary N) is 1. The number of nitrogens with two attached hydrogens (primary N) is 1. The smallest absolute Gasteiger partial charge is 0.309 e. The third kappa shape index (κ3) is 2.72. The van der Waals surface area contributed by atoms with E-state index in [1.165, 1.54) is 5.01 Å². The number of anilines is 1. The van der Waals surface area contributed by atoms with Gasteiger partial charge in [0.05, 0.1) is 0 Å². The Morgan fingerprint density at radius 3 is 2.93 bits per heavy atom. The first kappa shape index (κ1) is 11.0. The van der Waals surface area contributed by atoms with E-state index in [0.717, 1.165) is 17.8 Å². The quantitative estimate of drug-likeness (QED) is 0.364. The van der Waals surface area contributed by atoms with Gasteiger partial charge in [0.25, 0.3) is 0 Å². The first-order valence-electron chi connectivity index (χ1n) is 4.08. The second-order valence-electron chi connectivity index (χ2n) is 2.71. The molecule has 0 spiro atoms. The fourth-order valence-electron chi connectivity index (χ4n) is 0.987. The maximum atomic E-state index is 10.8. The standard InChI is InChI=1S/C7H13N3O3S/c1-13-4-2-3-10(8)6-5(11)9-7(12)14-6/h11H,2-4,8H2,1H3,(H,9,12). The van der Waals surface area contributed by atoms with E-state index in [-0.39, 0.29) is 10.8 Å². The van der Waals surface area contributed by atoms with E-state index in [2.05, 4.69) is 4.98 Å². The molecule has 7 heteroatoms. The molecule has 0 aliphatic carbocycles. The molecule has 14 heavy (non-hydrogen) atoms. The van der Waals surface area contributed by atoms with Gasteiger partial charge in [0.1, 0.15) is 0 Å². The molecule has 0 bridgehead atoms. The summed E-state index contributed by atoms with van der Waals surface area (Å²) in [5.74, 6) is 5.44. The largest absolute Gasteiger partial charge is 0.492 e. The van der Waals surface area contributed by atoms with E-state index in [0.29, 0.717) is 18.2 Å². The van der Waals surface area contributed by atoms with Crippen molar-refractivity contribution in [2.75, 3.05) is 25.3 Å². The van der Waals surface area contributed by atoms with E-state index >= 15 is 0 Å². The zero-order chi connectivity index (χ0) is 10.6. The fraction of sp³-hybridized carbons (Fsp3) is 0.571. The van der Waals surface area contributed by atoms with E-state index in [1.54, 1.807) is 7.11 Å². The Hall–Kier alpha value is -1.05. The highest BCUT2D eigenvalue weighted by molar-refractivity contribution is 7.13. The minimum Gasteiger partial charge on any atom is -0.492 e. The Morgan fingerprint density at radius 2 is 2.43 bits per heavy atom. The molecule has 1 rings (SSSR count). The summed E-state index contributed by atoms with van der Waals surface area (Å²) >= 11 is 0.879. The topological polar surface area (TPSA) is 91.6 Å². The Balaban J connectivity index is 2.55. The number of ether oxygens (including phenoxy) is 1. The normalized spacial score (nSPS) is 10.4. The number of methoxy groups -OCH3 is 1. The van der Waals surface area contributed by atoms with Crippen LogP contribution in [0.25, 0.3) is 0 Å². The van der Waals surface area contributed by atoms with Crippen LogP contribution in [0.4, 0.5) is 5.00 Å². The third-order valence-corrected chi connectivity index (χ3v) is 2.53. The van der Waals surface area contributed by atoms with Crippen LogP contribution in [-0.2, 0) is 4.74 Å². The summed E-state index contributed by atoms with van der Waals surface area (Å²) in [5, 5.41) is 10.9. The van der Waals surface area contributed by atoms with Crippen LogP contribution >= 0.6 is 11.3 Å². The molecule has 0 saturated carbocycles. The summed E-state index contributed by atoms with van der Waals surface area (Å²) in [4.78, 5) is 12.8. The SMILES string of the molecule is COCCCN(N)c1sc(=O)[nH]c1O. The summed E-state index contributed by atoms with van der Waals surface area (Å²) in [6.07, 6.45) is 0.735. The molecule has 80 valence electrons. The lowest BCUT2D eigenvalue weighted by Crippen LogP contribution is -2.31. The van der Waals surface area contributed by atoms with Crippen molar-refractivity contribution in [2.24, 2.45) is 5.84 Å². The molecule has 1 aromatic heterocycles. The number of rotatable bonds is 5. The molecular weight excluding hydrogens is 206 g/mol. The minimum absolute atomic E-state index is 0.181. The van der Waals surface area contributed by atoms with Crippen molar-refractivity contribution in [3.05, 3.63) is 9.67 Å². The maximum absolute atomic E-state index is 10.8. The van der Waals surface area contributed by atoms with Crippen LogP contribution in [0.2, 0.25) is 0 Å². The summed E-state index contributed by atoms with van der Waals surface area (Å²) in [7, 11) is 1.60. The Bertz CT molecular complexity index is 335. The van der Waals surface area contributed by atoms with Gasteiger partial charge in [0.2, 0.25) is 5.88 Å². The molecule has 0 aliphatic heterocycles. The third-order valence-electron chi connectivity index (χ3n) is 1.62. The molecular formula is C7H13N3O3S. The molecule has 0 fully saturated rings. The van der Waals surface area contributed by atoms with Crippen molar-refractivity contribution in [1.29, 1.82) is 0 Å². The van der Waals surface area contributed by atoms with Crippen LogP contribution in [0.1, 0.15) is 6.42 Å². The van der Waals surface area contributed by atoms with Crippen LogP contribution < -0.4 is 15.7 Å². The van der Waals surface area contributed by atoms with Crippen molar-refractivity contribution in [1.82, 2.24) is 4.98 Å². The lowest BCUT2D eigenvalue weighted by Gasteiger charge is -2.15. The maximum Gasteiger partial charge on any atom is 0.309 e. The van der Waals surface area contributed by atoms with Gasteiger partial charge in [-0.1, -0.05) is 11.3 Å². The number of hydrogen-bond donors (Lipinski definition) is 3. The van der Waals surface area contributed by atoms with E-state index < -0.39 is 0 Å². The van der Waals surface area contributed by atoms with Crippen LogP contribution in [0.5, 0.6) is 5.88 Å². The molecule has 0 amide bonds. The van der Waals surface area contributed by atoms with Gasteiger partial charge in [-0.15, -0.1) is 0 Å². The fourth-order valence-corrected chi connectivity index (χ4v) is 1.67. The molecule has 6 nitrogen and oxygen atoms in total. The van der Waals surface area contributed by atoms with Crippen molar-refractivity contribution < 1.29 is 9.84 Å². The van der Waals surface area contributed by atoms with Gasteiger partial charge in [-0.2, -0.15) is 0 Å². The van der Waals surface area contributed by atoms with Crippen LogP contribution in [0.15, 0.2) is 4.79 Å². The minimum atomic E-state index is -0.320. The lowest BCUT2D eigenvalue weighted by atomic mass is 10.4. The molecule has 1 aromatic rings. The highest BCUT2D eigenvalue weighted by atomic mass is 32.1. The molecule has 4 N–H and O–H groups in total. The summed E-state index contributed by atoms with van der Waals surface area (Å²) < 4.78 is 4.85. The van der Waals surface area contributed by atoms with Gasteiger partial charge in [0, 0.05) is 20.3 Å². The average Bonchev–Trinajstić information content (AvgIpc) is 2.45. The number of nitrogens with zero attached hydrogens (tertiary/aromatic N) is 1. The van der Waals surface area contributed by atoms with E-state index in [1.807, 2.05) is 0 Å². The van der Waals surface area contributed by atoms with Crippen LogP contribution in [0, 0.1) is 0 Å². The van der Waals surface area contributed by atoms with Gasteiger partial charge >= 0.3 is 4.87 Å². The number of aromatic amines is 1. The number of H-pyrrole nitrogens is 1. The van der Waals surface area contributed by atoms with E-state index in [9.17, 15) is 9.90 Å². The van der Waals surface area contributed by atoms with Crippen molar-refractivity contribution in [3.8, 4) is 5.88 Å². The van der Waals surface area contributed by atoms with Crippen molar-refractivity contribution >= 4 is 16.3 Å². The average molecular weight is 219 g/mol. The number of thiazole rings is 1. The van der Waals surface area contributed by atoms with Gasteiger partial charge in [-0.3, -0.25) is 14.8 Å². The second-order valence-corrected chi connectivity index (χ2v) is 3.67. The number of aromatic nitrogens is 1. The van der Waals surface area contributed by atoms with Crippen LogP contribution in [-0.4, -0.2) is 30.4 Å². The predicted molar refractivity (Wildman–Crippen MR) is 54.6 cm³/mol. The number of hydrogen-bond acceptors (Lipinski definition) is 6. The molecule has 0 unspecified atom stereocenters. The molecule has 0 aliphatic rings. The van der Waals surface area contributed by atoms with Gasteiger partial charge in [-0.25, -0.2) is 5.84 Å². The molecule has 1 heterocycles. The second kappa shape index (κ2) is 4.99. The van der Waals surface area contributed by atoms with Gasteiger partial charge in [-0.05, 0) is 6.42 Å². The van der Waals surface area contributed by atoms with Gasteiger partial charge in [0.15, 0.2) is 5.00 Å². The summed E-state index contributed by atoms with van der Waals surface area (Å²) in [6, 6.07) is 0. The molecule has 0 aromatic carbocycles. The molecule has 0 saturated heterocycles. The number of aromatic hydroxyl groups is 1. The Labute approximate surface area is 84.9 Å². The summed E-state index contributed by atoms with van der Waals surface area (Å²) in [6.45, 7) is 1.11. The Kier molecular flexibility index (Phi) is 3.93.